The zero-order chi connectivity index (χ0) is 28.4. The molecule has 0 saturated carbocycles. The number of thioether (sulfide) groups is 1. The molecule has 3 unspecified atom stereocenters. The Bertz CT molecular complexity index is 1260. The maximum atomic E-state index is 13.6. The second-order valence-corrected chi connectivity index (χ2v) is 14.7. The van der Waals surface area contributed by atoms with Crippen molar-refractivity contribution in [2.45, 2.75) is 48.3 Å². The molecule has 0 aromatic carbocycles. The summed E-state index contributed by atoms with van der Waals surface area (Å²) >= 11 is 1.16. The predicted molar refractivity (Wildman–Crippen MR) is 158 cm³/mol. The molecule has 2 aliphatic carbocycles. The average Bonchev–Trinajstić information content (AvgIpc) is 3.66. The summed E-state index contributed by atoms with van der Waals surface area (Å²) in [6, 6.07) is -0.303. The number of amides is 2. The summed E-state index contributed by atoms with van der Waals surface area (Å²) in [4.78, 5) is 32.4. The van der Waals surface area contributed by atoms with E-state index in [-0.39, 0.29) is 22.4 Å². The quantitative estimate of drug-likeness (QED) is 0.285. The third kappa shape index (κ3) is 6.35. The summed E-state index contributed by atoms with van der Waals surface area (Å²) in [5, 5.41) is 22.3. The molecule has 1 aromatic rings. The number of carboxylic acids is 1. The van der Waals surface area contributed by atoms with Gasteiger partial charge >= 0.3 is 12.0 Å². The lowest BCUT2D eigenvalue weighted by Crippen LogP contribution is -2.38. The van der Waals surface area contributed by atoms with E-state index < -0.39 is 23.6 Å². The van der Waals surface area contributed by atoms with Crippen molar-refractivity contribution >= 4 is 51.6 Å². The number of aromatic nitrogens is 1. The first-order chi connectivity index (χ1) is 19.1. The summed E-state index contributed by atoms with van der Waals surface area (Å²) in [7, 11) is 1.90. The number of likely N-dealkylation sites (N-methyl/N-ethyl adjacent to an activating group) is 1. The number of aliphatic hydroxyl groups is 1. The smallest absolute Gasteiger partial charge is 0.328 e. The number of nitrogens with zero attached hydrogens (tertiary/aromatic N) is 4. The number of urea groups is 1. The van der Waals surface area contributed by atoms with Crippen LogP contribution in [0.3, 0.4) is 0 Å². The van der Waals surface area contributed by atoms with Crippen molar-refractivity contribution in [3.05, 3.63) is 53.4 Å². The number of carbonyl (C=O) groups excluding carboxylic acids is 1. The SMILES string of the molecule is CC(O)N1CCC2(CN(C(=O)Nc3ncc(SCC(=O)O)s3)C3=CCC([S@+]([O-])N(C)CC4=CC=CCC4)C=C32)C1. The number of carbonyl (C=O) groups is 2. The van der Waals surface area contributed by atoms with Gasteiger partial charge in [-0.05, 0) is 37.8 Å². The highest BCUT2D eigenvalue weighted by Crippen LogP contribution is 2.51. The molecular weight excluding hydrogens is 571 g/mol. The molecule has 3 heterocycles. The third-order valence-corrected chi connectivity index (χ3v) is 11.5. The van der Waals surface area contributed by atoms with Gasteiger partial charge in [0, 0.05) is 55.6 Å². The van der Waals surface area contributed by atoms with Gasteiger partial charge < -0.3 is 14.8 Å². The van der Waals surface area contributed by atoms with E-state index in [9.17, 15) is 19.2 Å². The lowest BCUT2D eigenvalue weighted by molar-refractivity contribution is -0.133. The Hall–Kier alpha value is -2.13. The largest absolute Gasteiger partial charge is 0.597 e. The lowest BCUT2D eigenvalue weighted by Gasteiger charge is -2.31. The fourth-order valence-corrected chi connectivity index (χ4v) is 8.64. The monoisotopic (exact) mass is 605 g/mol. The van der Waals surface area contributed by atoms with E-state index in [1.807, 2.05) is 22.3 Å². The second kappa shape index (κ2) is 12.4. The van der Waals surface area contributed by atoms with E-state index in [2.05, 4.69) is 34.6 Å². The minimum absolute atomic E-state index is 0.0720. The van der Waals surface area contributed by atoms with Gasteiger partial charge in [0.25, 0.3) is 0 Å². The first kappa shape index (κ1) is 29.4. The van der Waals surface area contributed by atoms with Crippen LogP contribution in [0.15, 0.2) is 57.6 Å². The van der Waals surface area contributed by atoms with Crippen LogP contribution in [-0.2, 0) is 16.2 Å². The molecule has 4 atom stereocenters. The molecule has 2 amide bonds. The molecule has 2 aliphatic heterocycles. The molecule has 1 spiro atoms. The van der Waals surface area contributed by atoms with Crippen molar-refractivity contribution in [1.82, 2.24) is 19.1 Å². The summed E-state index contributed by atoms with van der Waals surface area (Å²) in [5.74, 6) is -0.983. The number of thiazole rings is 1. The Morgan fingerprint density at radius 3 is 2.95 bits per heavy atom. The van der Waals surface area contributed by atoms with Crippen molar-refractivity contribution in [3.63, 3.8) is 0 Å². The number of hydrogen-bond acceptors (Lipinski definition) is 9. The number of likely N-dealkylation sites (tertiary alicyclic amines) is 2. The number of aliphatic hydroxyl groups excluding tert-OH is 1. The van der Waals surface area contributed by atoms with Crippen molar-refractivity contribution in [2.24, 2.45) is 5.41 Å². The third-order valence-electron chi connectivity index (χ3n) is 7.78. The number of carboxylic acid groups (broad SMARTS) is 1. The molecule has 0 radical (unpaired) electrons. The number of anilines is 1. The summed E-state index contributed by atoms with van der Waals surface area (Å²) in [6.45, 7) is 4.20. The van der Waals surface area contributed by atoms with E-state index in [1.165, 1.54) is 16.9 Å². The molecule has 4 aliphatic rings. The fraction of sp³-hybridized carbons (Fsp3) is 0.519. The standard InChI is InChI=1S/C27H35N5O5S3/c1-18(33)31-11-10-27(16-31)17-32(26(36)29-25-28-13-24(39-25)38-15-23(34)35)22-9-8-20(12-21(22)27)40(37)30(2)14-19-6-4-3-5-7-19/h3-4,6,9,12-13,18,20,33H,5,7-8,10-11,14-17H2,1-2H3,(H,34,35)(H,28,29,36)/t18?,20?,27?,40-/m0/s1. The summed E-state index contributed by atoms with van der Waals surface area (Å²) in [6.07, 6.45) is 14.8. The molecule has 3 N–H and O–H groups in total. The normalized spacial score (nSPS) is 26.0. The van der Waals surface area contributed by atoms with Crippen LogP contribution in [0.4, 0.5) is 9.93 Å². The molecule has 13 heteroatoms. The Morgan fingerprint density at radius 2 is 2.25 bits per heavy atom. The van der Waals surface area contributed by atoms with E-state index in [1.54, 1.807) is 18.0 Å². The van der Waals surface area contributed by atoms with Crippen LogP contribution in [-0.4, -0.2) is 96.3 Å². The number of nitrogens with one attached hydrogen (secondary N) is 1. The van der Waals surface area contributed by atoms with Crippen LogP contribution in [0, 0.1) is 5.41 Å². The fourth-order valence-electron chi connectivity index (χ4n) is 5.79. The van der Waals surface area contributed by atoms with Gasteiger partial charge in [-0.2, -0.15) is 0 Å². The van der Waals surface area contributed by atoms with Gasteiger partial charge in [-0.25, -0.2) is 9.78 Å². The highest BCUT2D eigenvalue weighted by Gasteiger charge is 2.53. The van der Waals surface area contributed by atoms with Gasteiger partial charge in [-0.1, -0.05) is 41.2 Å². The van der Waals surface area contributed by atoms with Gasteiger partial charge in [0.05, 0.1) is 22.7 Å². The molecule has 10 nitrogen and oxygen atoms in total. The van der Waals surface area contributed by atoms with E-state index in [0.717, 1.165) is 42.3 Å². The van der Waals surface area contributed by atoms with E-state index >= 15 is 0 Å². The maximum absolute atomic E-state index is 13.6. The van der Waals surface area contributed by atoms with Gasteiger partial charge in [-0.15, -0.1) is 16.1 Å². The molecule has 216 valence electrons. The Kier molecular flexibility index (Phi) is 9.10. The zero-order valence-corrected chi connectivity index (χ0v) is 25.1. The van der Waals surface area contributed by atoms with Gasteiger partial charge in [0.1, 0.15) is 6.23 Å². The Balaban J connectivity index is 1.34. The molecule has 2 saturated heterocycles. The van der Waals surface area contributed by atoms with Crippen LogP contribution >= 0.6 is 23.1 Å². The first-order valence-corrected chi connectivity index (χ1v) is 16.3. The maximum Gasteiger partial charge on any atom is 0.328 e. The van der Waals surface area contributed by atoms with E-state index in [0.29, 0.717) is 41.9 Å². The lowest BCUT2D eigenvalue weighted by atomic mass is 9.79. The number of fused-ring (bicyclic) bond motifs is 2. The molecule has 40 heavy (non-hydrogen) atoms. The molecule has 1 aromatic heterocycles. The number of aliphatic carboxylic acids is 1. The summed E-state index contributed by atoms with van der Waals surface area (Å²) < 4.78 is 16.2. The Labute approximate surface area is 245 Å². The average molecular weight is 606 g/mol. The van der Waals surface area contributed by atoms with Crippen LogP contribution < -0.4 is 5.32 Å². The number of allylic oxidation sites excluding steroid dienone is 5. The van der Waals surface area contributed by atoms with Crippen molar-refractivity contribution in [1.29, 1.82) is 0 Å². The predicted octanol–water partition coefficient (Wildman–Crippen LogP) is 3.65. The summed E-state index contributed by atoms with van der Waals surface area (Å²) in [5.41, 5.74) is 2.77. The highest BCUT2D eigenvalue weighted by molar-refractivity contribution is 8.01. The van der Waals surface area contributed by atoms with Gasteiger partial charge in [0.2, 0.25) is 0 Å². The molecule has 2 fully saturated rings. The van der Waals surface area contributed by atoms with Crippen LogP contribution in [0.5, 0.6) is 0 Å². The van der Waals surface area contributed by atoms with Gasteiger partial charge in [-0.3, -0.25) is 19.9 Å². The highest BCUT2D eigenvalue weighted by atomic mass is 32.2. The first-order valence-electron chi connectivity index (χ1n) is 13.4. The molecule has 5 rings (SSSR count). The van der Waals surface area contributed by atoms with Crippen LogP contribution in [0.2, 0.25) is 0 Å². The topological polar surface area (TPSA) is 132 Å². The minimum Gasteiger partial charge on any atom is -0.597 e. The van der Waals surface area contributed by atoms with Crippen LogP contribution in [0.1, 0.15) is 32.6 Å². The van der Waals surface area contributed by atoms with Crippen molar-refractivity contribution in [3.8, 4) is 0 Å². The second-order valence-electron chi connectivity index (χ2n) is 10.6. The Morgan fingerprint density at radius 1 is 1.43 bits per heavy atom. The number of hydrogen-bond donors (Lipinski definition) is 3. The van der Waals surface area contributed by atoms with E-state index in [4.69, 9.17) is 5.11 Å². The number of rotatable bonds is 9. The van der Waals surface area contributed by atoms with Crippen molar-refractivity contribution < 1.29 is 24.4 Å². The van der Waals surface area contributed by atoms with Crippen molar-refractivity contribution in [2.75, 3.05) is 44.3 Å². The van der Waals surface area contributed by atoms with Gasteiger partial charge in [0.15, 0.2) is 10.4 Å². The minimum atomic E-state index is -1.24. The zero-order valence-electron chi connectivity index (χ0n) is 22.6. The molecule has 0 bridgehead atoms. The molecular formula is C27H35N5O5S3. The van der Waals surface area contributed by atoms with Crippen LogP contribution in [0.25, 0.3) is 0 Å².